The number of pyridine rings is 1. The van der Waals surface area contributed by atoms with Crippen molar-refractivity contribution in [3.05, 3.63) is 94.2 Å². The predicted octanol–water partition coefficient (Wildman–Crippen LogP) is 3.86. The molecule has 0 aliphatic rings. The molecule has 2 N–H and O–H groups in total. The van der Waals surface area contributed by atoms with Crippen LogP contribution in [-0.2, 0) is 0 Å². The van der Waals surface area contributed by atoms with E-state index in [2.05, 4.69) is 36.8 Å². The number of hydrogen-bond donors (Lipinski definition) is 2. The first kappa shape index (κ1) is 18.5. The standard InChI is InChI=1S/C20H15BrN4O2/c21-17-9-3-1-7-15(17)19(26)24-18-10-4-2-8-16(18)20(27)25-23-13-14-6-5-11-22-12-14/h1-13H,(H,24,26)(H,25,27)/b23-13-. The zero-order chi connectivity index (χ0) is 19.1. The molecule has 0 aliphatic heterocycles. The minimum Gasteiger partial charge on any atom is -0.321 e. The summed E-state index contributed by atoms with van der Waals surface area (Å²) in [5, 5.41) is 6.69. The van der Waals surface area contributed by atoms with Crippen LogP contribution in [0, 0.1) is 0 Å². The highest BCUT2D eigenvalue weighted by atomic mass is 79.9. The molecule has 3 rings (SSSR count). The van der Waals surface area contributed by atoms with Crippen molar-refractivity contribution >= 4 is 39.6 Å². The van der Waals surface area contributed by atoms with E-state index in [1.165, 1.54) is 6.21 Å². The van der Waals surface area contributed by atoms with Crippen molar-refractivity contribution in [1.29, 1.82) is 0 Å². The van der Waals surface area contributed by atoms with Crippen LogP contribution in [0.5, 0.6) is 0 Å². The third-order valence-electron chi connectivity index (χ3n) is 3.60. The molecule has 2 aromatic carbocycles. The highest BCUT2D eigenvalue weighted by molar-refractivity contribution is 9.10. The maximum absolute atomic E-state index is 12.5. The molecule has 0 saturated carbocycles. The van der Waals surface area contributed by atoms with E-state index >= 15 is 0 Å². The number of hydrazone groups is 1. The van der Waals surface area contributed by atoms with Crippen LogP contribution in [0.2, 0.25) is 0 Å². The second-order valence-electron chi connectivity index (χ2n) is 5.47. The zero-order valence-electron chi connectivity index (χ0n) is 14.1. The van der Waals surface area contributed by atoms with Gasteiger partial charge in [0.15, 0.2) is 0 Å². The summed E-state index contributed by atoms with van der Waals surface area (Å²) in [5.41, 5.74) is 4.39. The number of benzene rings is 2. The average Bonchev–Trinajstić information content (AvgIpc) is 2.69. The molecule has 1 heterocycles. The molecule has 0 radical (unpaired) electrons. The van der Waals surface area contributed by atoms with Crippen molar-refractivity contribution in [2.45, 2.75) is 0 Å². The molecule has 0 fully saturated rings. The lowest BCUT2D eigenvalue weighted by Gasteiger charge is -2.10. The average molecular weight is 423 g/mol. The number of nitrogens with one attached hydrogen (secondary N) is 2. The molecule has 0 aliphatic carbocycles. The summed E-state index contributed by atoms with van der Waals surface area (Å²) in [6.07, 6.45) is 4.77. The molecule has 6 nitrogen and oxygen atoms in total. The number of amides is 2. The first-order chi connectivity index (χ1) is 13.1. The van der Waals surface area contributed by atoms with Gasteiger partial charge >= 0.3 is 0 Å². The Labute approximate surface area is 164 Å². The van der Waals surface area contributed by atoms with Gasteiger partial charge < -0.3 is 5.32 Å². The summed E-state index contributed by atoms with van der Waals surface area (Å²) in [7, 11) is 0. The third-order valence-corrected chi connectivity index (χ3v) is 4.29. The van der Waals surface area contributed by atoms with Gasteiger partial charge in [-0.25, -0.2) is 5.43 Å². The molecule has 0 unspecified atom stereocenters. The van der Waals surface area contributed by atoms with Gasteiger partial charge in [0.1, 0.15) is 0 Å². The molecular formula is C20H15BrN4O2. The Morgan fingerprint density at radius 1 is 0.926 bits per heavy atom. The van der Waals surface area contributed by atoms with E-state index in [1.54, 1.807) is 60.9 Å². The number of rotatable bonds is 5. The summed E-state index contributed by atoms with van der Waals surface area (Å²) in [4.78, 5) is 28.9. The monoisotopic (exact) mass is 422 g/mol. The van der Waals surface area contributed by atoms with E-state index in [4.69, 9.17) is 0 Å². The number of para-hydroxylation sites is 1. The van der Waals surface area contributed by atoms with E-state index in [-0.39, 0.29) is 5.91 Å². The van der Waals surface area contributed by atoms with E-state index in [9.17, 15) is 9.59 Å². The second kappa shape index (κ2) is 8.86. The maximum Gasteiger partial charge on any atom is 0.273 e. The highest BCUT2D eigenvalue weighted by Gasteiger charge is 2.15. The van der Waals surface area contributed by atoms with Crippen molar-refractivity contribution in [2.24, 2.45) is 5.10 Å². The second-order valence-corrected chi connectivity index (χ2v) is 6.32. The molecule has 27 heavy (non-hydrogen) atoms. The number of carbonyl (C=O) groups is 2. The lowest BCUT2D eigenvalue weighted by molar-refractivity contribution is 0.0956. The van der Waals surface area contributed by atoms with Gasteiger partial charge in [-0.2, -0.15) is 5.10 Å². The normalized spacial score (nSPS) is 10.6. The molecule has 0 atom stereocenters. The van der Waals surface area contributed by atoms with Crippen LogP contribution in [0.3, 0.4) is 0 Å². The van der Waals surface area contributed by atoms with Crippen LogP contribution >= 0.6 is 15.9 Å². The Balaban J connectivity index is 1.73. The Morgan fingerprint density at radius 2 is 1.67 bits per heavy atom. The number of hydrogen-bond acceptors (Lipinski definition) is 4. The van der Waals surface area contributed by atoms with Crippen LogP contribution in [0.15, 0.2) is 82.6 Å². The minimum absolute atomic E-state index is 0.307. The Kier molecular flexibility index (Phi) is 6.06. The third kappa shape index (κ3) is 4.86. The van der Waals surface area contributed by atoms with Crippen LogP contribution in [-0.4, -0.2) is 23.0 Å². The number of carbonyl (C=O) groups excluding carboxylic acids is 2. The van der Waals surface area contributed by atoms with Gasteiger partial charge in [-0.15, -0.1) is 0 Å². The fourth-order valence-electron chi connectivity index (χ4n) is 2.30. The highest BCUT2D eigenvalue weighted by Crippen LogP contribution is 2.20. The Bertz CT molecular complexity index is 990. The van der Waals surface area contributed by atoms with Gasteiger partial charge in [0, 0.05) is 22.4 Å². The van der Waals surface area contributed by atoms with E-state index in [1.807, 2.05) is 12.1 Å². The SMILES string of the molecule is O=C(Nc1ccccc1C(=O)N/N=C\c1cccnc1)c1ccccc1Br. The number of anilines is 1. The first-order valence-corrected chi connectivity index (χ1v) is 8.83. The van der Waals surface area contributed by atoms with Gasteiger partial charge in [-0.3, -0.25) is 14.6 Å². The van der Waals surface area contributed by atoms with Gasteiger partial charge in [0.2, 0.25) is 0 Å². The number of halogens is 1. The topological polar surface area (TPSA) is 83.5 Å². The molecular weight excluding hydrogens is 408 g/mol. The summed E-state index contributed by atoms with van der Waals surface area (Å²) < 4.78 is 0.672. The molecule has 134 valence electrons. The van der Waals surface area contributed by atoms with Crippen LogP contribution in [0.4, 0.5) is 5.69 Å². The van der Waals surface area contributed by atoms with Crippen molar-refractivity contribution in [1.82, 2.24) is 10.4 Å². The van der Waals surface area contributed by atoms with Gasteiger partial charge in [0.25, 0.3) is 11.8 Å². The molecule has 7 heteroatoms. The lowest BCUT2D eigenvalue weighted by Crippen LogP contribution is -2.21. The van der Waals surface area contributed by atoms with Crippen molar-refractivity contribution in [2.75, 3.05) is 5.32 Å². The van der Waals surface area contributed by atoms with E-state index in [0.717, 1.165) is 5.56 Å². The zero-order valence-corrected chi connectivity index (χ0v) is 15.7. The summed E-state index contributed by atoms with van der Waals surface area (Å²) in [6, 6.07) is 17.4. The molecule has 0 bridgehead atoms. The Morgan fingerprint density at radius 3 is 2.41 bits per heavy atom. The summed E-state index contributed by atoms with van der Waals surface area (Å²) in [5.74, 6) is -0.750. The van der Waals surface area contributed by atoms with Crippen LogP contribution in [0.1, 0.15) is 26.3 Å². The first-order valence-electron chi connectivity index (χ1n) is 8.03. The van der Waals surface area contributed by atoms with E-state index < -0.39 is 5.91 Å². The lowest BCUT2D eigenvalue weighted by atomic mass is 10.1. The molecule has 2 amide bonds. The van der Waals surface area contributed by atoms with Crippen molar-refractivity contribution in [3.63, 3.8) is 0 Å². The smallest absolute Gasteiger partial charge is 0.273 e. The predicted molar refractivity (Wildman–Crippen MR) is 108 cm³/mol. The number of nitrogens with zero attached hydrogens (tertiary/aromatic N) is 2. The molecule has 1 aromatic heterocycles. The summed E-state index contributed by atoms with van der Waals surface area (Å²) >= 11 is 3.35. The minimum atomic E-state index is -0.432. The van der Waals surface area contributed by atoms with Gasteiger partial charge in [0.05, 0.1) is 23.0 Å². The van der Waals surface area contributed by atoms with Crippen molar-refractivity contribution in [3.8, 4) is 0 Å². The van der Waals surface area contributed by atoms with Crippen molar-refractivity contribution < 1.29 is 9.59 Å². The largest absolute Gasteiger partial charge is 0.321 e. The van der Waals surface area contributed by atoms with Crippen LogP contribution < -0.4 is 10.7 Å². The number of aromatic nitrogens is 1. The van der Waals surface area contributed by atoms with Gasteiger partial charge in [-0.05, 0) is 46.3 Å². The molecule has 0 saturated heterocycles. The van der Waals surface area contributed by atoms with Gasteiger partial charge in [-0.1, -0.05) is 30.3 Å². The Hall–Kier alpha value is -3.32. The van der Waals surface area contributed by atoms with Crippen LogP contribution in [0.25, 0.3) is 0 Å². The van der Waals surface area contributed by atoms with E-state index in [0.29, 0.717) is 21.3 Å². The maximum atomic E-state index is 12.5. The fraction of sp³-hybridized carbons (Fsp3) is 0. The molecule has 0 spiro atoms. The molecule has 3 aromatic rings. The summed E-state index contributed by atoms with van der Waals surface area (Å²) in [6.45, 7) is 0. The quantitative estimate of drug-likeness (QED) is 0.483. The fourth-order valence-corrected chi connectivity index (χ4v) is 2.77.